The molecule has 0 radical (unpaired) electrons. The van der Waals surface area contributed by atoms with Crippen LogP contribution in [0.15, 0.2) is 70.4 Å². The zero-order chi connectivity index (χ0) is 20.8. The number of thiophene rings is 1. The van der Waals surface area contributed by atoms with Gasteiger partial charge in [0.15, 0.2) is 4.34 Å². The van der Waals surface area contributed by atoms with Gasteiger partial charge in [-0.05, 0) is 47.7 Å². The van der Waals surface area contributed by atoms with Gasteiger partial charge in [0.05, 0.1) is 10.2 Å². The zero-order valence-corrected chi connectivity index (χ0v) is 18.4. The van der Waals surface area contributed by atoms with Crippen molar-refractivity contribution in [3.8, 4) is 0 Å². The summed E-state index contributed by atoms with van der Waals surface area (Å²) in [6.07, 6.45) is 1.00. The summed E-state index contributed by atoms with van der Waals surface area (Å²) in [6.45, 7) is 0. The zero-order valence-electron chi connectivity index (χ0n) is 16.0. The summed E-state index contributed by atoms with van der Waals surface area (Å²) in [4.78, 5) is 29.9. The quantitative estimate of drug-likeness (QED) is 0.304. The van der Waals surface area contributed by atoms with Crippen molar-refractivity contribution in [2.24, 2.45) is 0 Å². The van der Waals surface area contributed by atoms with Crippen LogP contribution in [-0.2, 0) is 17.0 Å². The van der Waals surface area contributed by atoms with Gasteiger partial charge in [0, 0.05) is 22.6 Å². The Morgan fingerprint density at radius 1 is 0.967 bits per heavy atom. The van der Waals surface area contributed by atoms with Crippen LogP contribution in [0.4, 0.5) is 0 Å². The number of benzene rings is 2. The van der Waals surface area contributed by atoms with Gasteiger partial charge in [0.25, 0.3) is 5.91 Å². The molecule has 0 aliphatic carbocycles. The maximum Gasteiger partial charge on any atom is 0.269 e. The molecule has 0 unspecified atom stereocenters. The van der Waals surface area contributed by atoms with Crippen LogP contribution in [0.2, 0.25) is 0 Å². The van der Waals surface area contributed by atoms with Gasteiger partial charge in [-0.1, -0.05) is 42.1 Å². The van der Waals surface area contributed by atoms with E-state index in [0.717, 1.165) is 26.0 Å². The van der Waals surface area contributed by atoms with Crippen molar-refractivity contribution in [3.63, 3.8) is 0 Å². The van der Waals surface area contributed by atoms with Crippen LogP contribution < -0.4 is 10.9 Å². The van der Waals surface area contributed by atoms with Crippen molar-refractivity contribution in [1.29, 1.82) is 0 Å². The fourth-order valence-electron chi connectivity index (χ4n) is 2.76. The summed E-state index contributed by atoms with van der Waals surface area (Å²) in [5, 5.41) is 1.98. The number of hydrogen-bond donors (Lipinski definition) is 2. The number of hydrogen-bond acceptors (Lipinski definition) is 6. The Bertz CT molecular complexity index is 1110. The Labute approximate surface area is 186 Å². The summed E-state index contributed by atoms with van der Waals surface area (Å²) in [6, 6.07) is 19.4. The van der Waals surface area contributed by atoms with E-state index < -0.39 is 0 Å². The minimum Gasteiger partial charge on any atom is -0.273 e. The average molecular weight is 454 g/mol. The molecule has 2 aromatic carbocycles. The van der Waals surface area contributed by atoms with E-state index in [1.165, 1.54) is 4.70 Å². The molecule has 0 atom stereocenters. The second kappa shape index (κ2) is 9.88. The fraction of sp³-hybridized carbons (Fsp3) is 0.136. The summed E-state index contributed by atoms with van der Waals surface area (Å²) in [7, 11) is 0. The maximum atomic E-state index is 12.2. The molecule has 0 fully saturated rings. The number of nitrogens with one attached hydrogen (secondary N) is 2. The first-order valence-electron chi connectivity index (χ1n) is 9.36. The summed E-state index contributed by atoms with van der Waals surface area (Å²) in [5.74, 6) is 0.242. The summed E-state index contributed by atoms with van der Waals surface area (Å²) < 4.78 is 2.22. The lowest BCUT2D eigenvalue weighted by atomic mass is 10.1. The number of fused-ring (bicyclic) bond motifs is 1. The van der Waals surface area contributed by atoms with Gasteiger partial charge >= 0.3 is 0 Å². The predicted molar refractivity (Wildman–Crippen MR) is 124 cm³/mol. The van der Waals surface area contributed by atoms with Crippen molar-refractivity contribution in [2.75, 3.05) is 0 Å². The number of hydrazine groups is 1. The number of rotatable bonds is 7. The Hall–Kier alpha value is -2.68. The molecule has 2 amide bonds. The van der Waals surface area contributed by atoms with Crippen molar-refractivity contribution >= 4 is 56.5 Å². The highest BCUT2D eigenvalue weighted by Crippen LogP contribution is 2.31. The average Bonchev–Trinajstić information content (AvgIpc) is 3.44. The Morgan fingerprint density at radius 3 is 2.57 bits per heavy atom. The lowest BCUT2D eigenvalue weighted by molar-refractivity contribution is -0.121. The number of thiazole rings is 1. The molecular formula is C22H19N3O2S3. The fourth-order valence-corrected chi connectivity index (χ4v) is 5.50. The summed E-state index contributed by atoms with van der Waals surface area (Å²) >= 11 is 4.99. The normalized spacial score (nSPS) is 10.8. The first-order chi connectivity index (χ1) is 14.7. The number of aromatic nitrogens is 1. The smallest absolute Gasteiger partial charge is 0.269 e. The molecule has 2 heterocycles. The van der Waals surface area contributed by atoms with Crippen LogP contribution >= 0.6 is 34.4 Å². The van der Waals surface area contributed by atoms with Gasteiger partial charge in [0.1, 0.15) is 0 Å². The number of carbonyl (C=O) groups excluding carboxylic acids is 2. The van der Waals surface area contributed by atoms with E-state index in [-0.39, 0.29) is 11.8 Å². The Balaban J connectivity index is 1.24. The van der Waals surface area contributed by atoms with Gasteiger partial charge < -0.3 is 0 Å². The predicted octanol–water partition coefficient (Wildman–Crippen LogP) is 5.04. The van der Waals surface area contributed by atoms with E-state index in [4.69, 9.17) is 0 Å². The number of thioether (sulfide) groups is 1. The molecule has 0 spiro atoms. The van der Waals surface area contributed by atoms with Crippen LogP contribution in [0, 0.1) is 0 Å². The van der Waals surface area contributed by atoms with Crippen LogP contribution in [0.25, 0.3) is 10.2 Å². The van der Waals surface area contributed by atoms with Gasteiger partial charge in [-0.25, -0.2) is 4.98 Å². The number of para-hydroxylation sites is 1. The number of aryl methyl sites for hydroxylation is 1. The second-order valence-electron chi connectivity index (χ2n) is 6.51. The number of nitrogens with zero attached hydrogens (tertiary/aromatic N) is 1. The molecule has 2 N–H and O–H groups in total. The highest BCUT2D eigenvalue weighted by Gasteiger charge is 2.09. The van der Waals surface area contributed by atoms with Gasteiger partial charge in [-0.3, -0.25) is 20.4 Å². The molecule has 0 saturated heterocycles. The van der Waals surface area contributed by atoms with Gasteiger partial charge in [-0.15, -0.1) is 22.7 Å². The third kappa shape index (κ3) is 5.47. The minimum atomic E-state index is -0.329. The molecule has 0 saturated carbocycles. The molecule has 0 bridgehead atoms. The van der Waals surface area contributed by atoms with E-state index in [0.29, 0.717) is 18.4 Å². The monoisotopic (exact) mass is 453 g/mol. The van der Waals surface area contributed by atoms with E-state index >= 15 is 0 Å². The van der Waals surface area contributed by atoms with E-state index in [1.54, 1.807) is 46.6 Å². The Morgan fingerprint density at radius 2 is 1.80 bits per heavy atom. The van der Waals surface area contributed by atoms with E-state index in [9.17, 15) is 9.59 Å². The summed E-state index contributed by atoms with van der Waals surface area (Å²) in [5.41, 5.74) is 7.58. The van der Waals surface area contributed by atoms with Crippen molar-refractivity contribution < 1.29 is 9.59 Å². The molecule has 2 aromatic heterocycles. The molecule has 5 nitrogen and oxygen atoms in total. The van der Waals surface area contributed by atoms with Crippen LogP contribution in [0.1, 0.15) is 27.2 Å². The highest BCUT2D eigenvalue weighted by atomic mass is 32.2. The van der Waals surface area contributed by atoms with Gasteiger partial charge in [-0.2, -0.15) is 0 Å². The number of amides is 2. The minimum absolute atomic E-state index is 0.208. The van der Waals surface area contributed by atoms with Crippen molar-refractivity contribution in [3.05, 3.63) is 82.0 Å². The third-order valence-electron chi connectivity index (χ3n) is 4.35. The van der Waals surface area contributed by atoms with Crippen LogP contribution in [0.5, 0.6) is 0 Å². The maximum absolute atomic E-state index is 12.2. The molecule has 30 heavy (non-hydrogen) atoms. The molecule has 0 aliphatic heterocycles. The van der Waals surface area contributed by atoms with E-state index in [2.05, 4.69) is 21.9 Å². The van der Waals surface area contributed by atoms with Gasteiger partial charge in [0.2, 0.25) is 5.91 Å². The molecule has 8 heteroatoms. The topological polar surface area (TPSA) is 71.1 Å². The van der Waals surface area contributed by atoms with Crippen molar-refractivity contribution in [1.82, 2.24) is 15.8 Å². The molecule has 152 valence electrons. The lowest BCUT2D eigenvalue weighted by Gasteiger charge is -2.07. The van der Waals surface area contributed by atoms with E-state index in [1.807, 2.05) is 47.8 Å². The third-order valence-corrected chi connectivity index (χ3v) is 7.53. The SMILES string of the molecule is O=C(CCc1cccs1)NNC(=O)c1ccc(CSc2nc3ccccc3s2)cc1. The molecular weight excluding hydrogens is 434 g/mol. The standard InChI is InChI=1S/C22H19N3O2S3/c26-20(12-11-17-4-3-13-28-17)24-25-21(27)16-9-7-15(8-10-16)14-29-22-23-18-5-1-2-6-19(18)30-22/h1-10,13H,11-12,14H2,(H,24,26)(H,25,27). The molecule has 0 aliphatic rings. The molecule has 4 aromatic rings. The Kier molecular flexibility index (Phi) is 6.78. The first-order valence-corrected chi connectivity index (χ1v) is 12.0. The molecule has 4 rings (SSSR count). The van der Waals surface area contributed by atoms with Crippen LogP contribution in [0.3, 0.4) is 0 Å². The lowest BCUT2D eigenvalue weighted by Crippen LogP contribution is -2.41. The highest BCUT2D eigenvalue weighted by molar-refractivity contribution is 8.00. The second-order valence-corrected chi connectivity index (χ2v) is 9.80. The largest absolute Gasteiger partial charge is 0.273 e. The first kappa shape index (κ1) is 20.6. The van der Waals surface area contributed by atoms with Crippen LogP contribution in [-0.4, -0.2) is 16.8 Å². The number of carbonyl (C=O) groups is 2. The van der Waals surface area contributed by atoms with Crippen molar-refractivity contribution in [2.45, 2.75) is 22.9 Å².